The Morgan fingerprint density at radius 2 is 1.94 bits per heavy atom. The molecule has 0 saturated carbocycles. The van der Waals surface area contributed by atoms with Crippen molar-refractivity contribution in [3.63, 3.8) is 0 Å². The van der Waals surface area contributed by atoms with Crippen molar-refractivity contribution in [3.05, 3.63) is 47.2 Å². The number of carbonyl (C=O) groups excluding carboxylic acids is 2. The maximum Gasteiger partial charge on any atom is 0.322 e. The predicted molar refractivity (Wildman–Crippen MR) is 65.5 cm³/mol. The fourth-order valence-corrected chi connectivity index (χ4v) is 2.39. The number of carbonyl (C=O) groups is 2. The van der Waals surface area contributed by atoms with E-state index in [1.165, 1.54) is 4.90 Å². The van der Waals surface area contributed by atoms with Gasteiger partial charge in [-0.25, -0.2) is 4.79 Å². The largest absolute Gasteiger partial charge is 0.347 e. The summed E-state index contributed by atoms with van der Waals surface area (Å²) in [5.41, 5.74) is 2.32. The average Bonchev–Trinajstić information content (AvgIpc) is 2.77. The van der Waals surface area contributed by atoms with Gasteiger partial charge in [0.15, 0.2) is 0 Å². The summed E-state index contributed by atoms with van der Waals surface area (Å²) in [5, 5.41) is 5.62. The van der Waals surface area contributed by atoms with E-state index in [1.807, 2.05) is 30.3 Å². The molecule has 3 amide bonds. The van der Waals surface area contributed by atoms with Crippen LogP contribution in [0.3, 0.4) is 0 Å². The van der Waals surface area contributed by atoms with Crippen LogP contribution in [-0.4, -0.2) is 30.4 Å². The molecule has 2 aliphatic rings. The van der Waals surface area contributed by atoms with Crippen LogP contribution in [0.2, 0.25) is 0 Å². The lowest BCUT2D eigenvalue weighted by atomic mass is 9.96. The second-order valence-electron chi connectivity index (χ2n) is 4.40. The van der Waals surface area contributed by atoms with Crippen LogP contribution in [0, 0.1) is 0 Å². The number of likely N-dealkylation sites (N-methyl/N-ethyl adjacent to an activating group) is 1. The highest BCUT2D eigenvalue weighted by Crippen LogP contribution is 2.31. The van der Waals surface area contributed by atoms with E-state index in [4.69, 9.17) is 0 Å². The molecule has 5 heteroatoms. The van der Waals surface area contributed by atoms with Gasteiger partial charge in [0.05, 0.1) is 23.9 Å². The SMILES string of the molecule is CN1C(=O)NC(c2ccccc2)C2=C1CNC2=O. The second-order valence-corrected chi connectivity index (χ2v) is 4.40. The highest BCUT2D eigenvalue weighted by Gasteiger charge is 2.38. The standard InChI is InChI=1S/C13H13N3O2/c1-16-9-7-14-12(17)10(9)11(15-13(16)18)8-5-3-2-4-6-8/h2-6,11H,7H2,1H3,(H,14,17)(H,15,18). The van der Waals surface area contributed by atoms with Crippen molar-refractivity contribution in [1.82, 2.24) is 15.5 Å². The Morgan fingerprint density at radius 1 is 1.22 bits per heavy atom. The summed E-state index contributed by atoms with van der Waals surface area (Å²) in [4.78, 5) is 25.3. The van der Waals surface area contributed by atoms with E-state index in [0.29, 0.717) is 12.1 Å². The molecular formula is C13H13N3O2. The highest BCUT2D eigenvalue weighted by atomic mass is 16.2. The van der Waals surface area contributed by atoms with Gasteiger partial charge in [0.1, 0.15) is 0 Å². The average molecular weight is 243 g/mol. The zero-order valence-corrected chi connectivity index (χ0v) is 9.93. The van der Waals surface area contributed by atoms with Crippen molar-refractivity contribution in [2.45, 2.75) is 6.04 Å². The van der Waals surface area contributed by atoms with Crippen LogP contribution < -0.4 is 10.6 Å². The summed E-state index contributed by atoms with van der Waals surface area (Å²) in [6.45, 7) is 0.418. The molecule has 92 valence electrons. The van der Waals surface area contributed by atoms with Crippen molar-refractivity contribution >= 4 is 11.9 Å². The first kappa shape index (κ1) is 10.8. The monoisotopic (exact) mass is 243 g/mol. The number of nitrogens with zero attached hydrogens (tertiary/aromatic N) is 1. The summed E-state index contributed by atoms with van der Waals surface area (Å²) in [6.07, 6.45) is 0. The zero-order valence-electron chi connectivity index (χ0n) is 9.93. The Labute approximate surface area is 104 Å². The maximum absolute atomic E-state index is 11.9. The van der Waals surface area contributed by atoms with Gasteiger partial charge in [-0.2, -0.15) is 0 Å². The Kier molecular flexibility index (Phi) is 2.33. The molecule has 1 aromatic rings. The molecule has 0 aliphatic carbocycles. The third-order valence-electron chi connectivity index (χ3n) is 3.37. The van der Waals surface area contributed by atoms with Crippen molar-refractivity contribution in [2.75, 3.05) is 13.6 Å². The Morgan fingerprint density at radius 3 is 2.67 bits per heavy atom. The lowest BCUT2D eigenvalue weighted by molar-refractivity contribution is -0.116. The van der Waals surface area contributed by atoms with Crippen LogP contribution in [-0.2, 0) is 4.79 Å². The Balaban J connectivity index is 2.10. The first-order chi connectivity index (χ1) is 8.68. The molecule has 2 aliphatic heterocycles. The van der Waals surface area contributed by atoms with Crippen molar-refractivity contribution in [3.8, 4) is 0 Å². The van der Waals surface area contributed by atoms with E-state index < -0.39 is 0 Å². The van der Waals surface area contributed by atoms with E-state index in [-0.39, 0.29) is 18.0 Å². The molecule has 3 rings (SSSR count). The normalized spacial score (nSPS) is 22.7. The lowest BCUT2D eigenvalue weighted by Gasteiger charge is -2.31. The third-order valence-corrected chi connectivity index (χ3v) is 3.37. The van der Waals surface area contributed by atoms with E-state index in [1.54, 1.807) is 7.05 Å². The van der Waals surface area contributed by atoms with Gasteiger partial charge in [-0.3, -0.25) is 9.69 Å². The summed E-state index contributed by atoms with van der Waals surface area (Å²) in [7, 11) is 1.67. The Bertz CT molecular complexity index is 551. The van der Waals surface area contributed by atoms with Gasteiger partial charge in [0.25, 0.3) is 5.91 Å². The number of rotatable bonds is 1. The number of nitrogens with one attached hydrogen (secondary N) is 2. The minimum atomic E-state index is -0.354. The van der Waals surface area contributed by atoms with E-state index in [9.17, 15) is 9.59 Å². The molecule has 5 nitrogen and oxygen atoms in total. The summed E-state index contributed by atoms with van der Waals surface area (Å²) in [5.74, 6) is -0.106. The minimum Gasteiger partial charge on any atom is -0.347 e. The minimum absolute atomic E-state index is 0.106. The number of urea groups is 1. The van der Waals surface area contributed by atoms with Crippen LogP contribution in [0.15, 0.2) is 41.6 Å². The van der Waals surface area contributed by atoms with Gasteiger partial charge >= 0.3 is 6.03 Å². The van der Waals surface area contributed by atoms with E-state index in [2.05, 4.69) is 10.6 Å². The highest BCUT2D eigenvalue weighted by molar-refractivity contribution is 6.01. The number of hydrogen-bond donors (Lipinski definition) is 2. The molecular weight excluding hydrogens is 230 g/mol. The summed E-state index contributed by atoms with van der Waals surface area (Å²) < 4.78 is 0. The molecule has 0 bridgehead atoms. The topological polar surface area (TPSA) is 61.4 Å². The van der Waals surface area contributed by atoms with Gasteiger partial charge in [-0.05, 0) is 5.56 Å². The zero-order chi connectivity index (χ0) is 12.7. The molecule has 1 aromatic carbocycles. The molecule has 1 atom stereocenters. The van der Waals surface area contributed by atoms with Crippen LogP contribution >= 0.6 is 0 Å². The van der Waals surface area contributed by atoms with E-state index in [0.717, 1.165) is 11.3 Å². The van der Waals surface area contributed by atoms with Gasteiger partial charge in [-0.15, -0.1) is 0 Å². The second kappa shape index (κ2) is 3.87. The fourth-order valence-electron chi connectivity index (χ4n) is 2.39. The first-order valence-electron chi connectivity index (χ1n) is 5.79. The molecule has 18 heavy (non-hydrogen) atoms. The Hall–Kier alpha value is -2.30. The number of benzene rings is 1. The fraction of sp³-hybridized carbons (Fsp3) is 0.231. The molecule has 2 heterocycles. The molecule has 1 unspecified atom stereocenters. The summed E-state index contributed by atoms with van der Waals surface area (Å²) >= 11 is 0. The van der Waals surface area contributed by atoms with Crippen LogP contribution in [0.25, 0.3) is 0 Å². The van der Waals surface area contributed by atoms with Gasteiger partial charge in [-0.1, -0.05) is 30.3 Å². The molecule has 0 fully saturated rings. The van der Waals surface area contributed by atoms with Gasteiger partial charge in [0.2, 0.25) is 0 Å². The molecule has 0 aromatic heterocycles. The van der Waals surface area contributed by atoms with E-state index >= 15 is 0 Å². The van der Waals surface area contributed by atoms with Crippen LogP contribution in [0.4, 0.5) is 4.79 Å². The molecule has 0 spiro atoms. The van der Waals surface area contributed by atoms with Crippen LogP contribution in [0.5, 0.6) is 0 Å². The van der Waals surface area contributed by atoms with Gasteiger partial charge < -0.3 is 10.6 Å². The molecule has 0 saturated heterocycles. The lowest BCUT2D eigenvalue weighted by Crippen LogP contribution is -2.45. The third kappa shape index (κ3) is 1.48. The number of hydrogen-bond acceptors (Lipinski definition) is 2. The maximum atomic E-state index is 11.9. The smallest absolute Gasteiger partial charge is 0.322 e. The molecule has 0 radical (unpaired) electrons. The summed E-state index contributed by atoms with van der Waals surface area (Å²) in [6, 6.07) is 8.98. The molecule has 2 N–H and O–H groups in total. The quantitative estimate of drug-likeness (QED) is 0.765. The van der Waals surface area contributed by atoms with Gasteiger partial charge in [0, 0.05) is 7.05 Å². The van der Waals surface area contributed by atoms with Crippen LogP contribution in [0.1, 0.15) is 11.6 Å². The first-order valence-corrected chi connectivity index (χ1v) is 5.79. The van der Waals surface area contributed by atoms with Crippen molar-refractivity contribution in [2.24, 2.45) is 0 Å². The van der Waals surface area contributed by atoms with Crippen molar-refractivity contribution < 1.29 is 9.59 Å². The predicted octanol–water partition coefficient (Wildman–Crippen LogP) is 0.767. The van der Waals surface area contributed by atoms with Crippen molar-refractivity contribution in [1.29, 1.82) is 0 Å². The number of amides is 3.